The maximum absolute atomic E-state index is 12.2. The van der Waals surface area contributed by atoms with Crippen LogP contribution in [0.25, 0.3) is 11.1 Å². The predicted octanol–water partition coefficient (Wildman–Crippen LogP) is 4.27. The third-order valence-corrected chi connectivity index (χ3v) is 5.63. The first kappa shape index (κ1) is 20.4. The molecule has 4 rings (SSSR count). The number of fused-ring (bicyclic) bond motifs is 3. The highest BCUT2D eigenvalue weighted by Gasteiger charge is 2.29. The molecule has 2 atom stereocenters. The van der Waals surface area contributed by atoms with Crippen molar-refractivity contribution in [1.29, 1.82) is 0 Å². The Morgan fingerprint density at radius 3 is 2.10 bits per heavy atom. The summed E-state index contributed by atoms with van der Waals surface area (Å²) in [6, 6.07) is 22.7. The van der Waals surface area contributed by atoms with E-state index in [-0.39, 0.29) is 19.1 Å². The molecule has 3 aromatic rings. The number of amides is 1. The standard InChI is InChI=1S/C24H22ClNO4/c25-16-11-9-15(10-12-16)23(28)22(27)13-26-24(29)30-14-21-19-7-3-1-5-17(19)18-6-2-4-8-20(18)21/h1-12,21-23,27-28H,13-14H2,(H,26,29). The second kappa shape index (κ2) is 8.88. The summed E-state index contributed by atoms with van der Waals surface area (Å²) in [7, 11) is 0. The lowest BCUT2D eigenvalue weighted by Gasteiger charge is -2.19. The monoisotopic (exact) mass is 423 g/mol. The molecule has 1 amide bonds. The van der Waals surface area contributed by atoms with Gasteiger partial charge in [-0.2, -0.15) is 0 Å². The van der Waals surface area contributed by atoms with Crippen molar-refractivity contribution >= 4 is 17.7 Å². The molecule has 0 radical (unpaired) electrons. The molecular formula is C24H22ClNO4. The molecule has 0 spiro atoms. The van der Waals surface area contributed by atoms with Crippen LogP contribution in [0.5, 0.6) is 0 Å². The third kappa shape index (κ3) is 4.19. The second-order valence-corrected chi connectivity index (χ2v) is 7.71. The number of hydrogen-bond acceptors (Lipinski definition) is 4. The van der Waals surface area contributed by atoms with Gasteiger partial charge in [0.2, 0.25) is 0 Å². The average molecular weight is 424 g/mol. The first-order valence-corrected chi connectivity index (χ1v) is 10.1. The zero-order valence-electron chi connectivity index (χ0n) is 16.2. The number of nitrogens with one attached hydrogen (secondary N) is 1. The number of hydrogen-bond donors (Lipinski definition) is 3. The van der Waals surface area contributed by atoms with E-state index < -0.39 is 18.3 Å². The normalized spacial score (nSPS) is 14.5. The minimum Gasteiger partial charge on any atom is -0.449 e. The van der Waals surface area contributed by atoms with Crippen molar-refractivity contribution in [3.05, 3.63) is 94.5 Å². The SMILES string of the molecule is O=C(NCC(O)C(O)c1ccc(Cl)cc1)OCC1c2ccccc2-c2ccccc21. The largest absolute Gasteiger partial charge is 0.449 e. The van der Waals surface area contributed by atoms with Gasteiger partial charge in [-0.15, -0.1) is 0 Å². The minimum atomic E-state index is -1.17. The smallest absolute Gasteiger partial charge is 0.407 e. The van der Waals surface area contributed by atoms with Crippen LogP contribution in [0.1, 0.15) is 28.7 Å². The van der Waals surface area contributed by atoms with Gasteiger partial charge in [0.05, 0.1) is 0 Å². The first-order chi connectivity index (χ1) is 14.5. The highest BCUT2D eigenvalue weighted by atomic mass is 35.5. The van der Waals surface area contributed by atoms with Crippen LogP contribution in [-0.4, -0.2) is 35.6 Å². The number of halogens is 1. The van der Waals surface area contributed by atoms with E-state index in [1.54, 1.807) is 24.3 Å². The Hall–Kier alpha value is -2.86. The molecule has 154 valence electrons. The maximum atomic E-state index is 12.2. The molecule has 0 saturated heterocycles. The van der Waals surface area contributed by atoms with E-state index in [1.807, 2.05) is 36.4 Å². The van der Waals surface area contributed by atoms with Gasteiger partial charge in [-0.05, 0) is 39.9 Å². The zero-order chi connectivity index (χ0) is 21.1. The maximum Gasteiger partial charge on any atom is 0.407 e. The quantitative estimate of drug-likeness (QED) is 0.553. The van der Waals surface area contributed by atoms with Crippen LogP contribution in [-0.2, 0) is 4.74 Å². The summed E-state index contributed by atoms with van der Waals surface area (Å²) in [5, 5.41) is 23.5. The molecular weight excluding hydrogens is 402 g/mol. The van der Waals surface area contributed by atoms with Crippen LogP contribution >= 0.6 is 11.6 Å². The number of aliphatic hydroxyl groups excluding tert-OH is 2. The van der Waals surface area contributed by atoms with Crippen LogP contribution in [0.2, 0.25) is 5.02 Å². The molecule has 0 saturated carbocycles. The molecule has 0 fully saturated rings. The Morgan fingerprint density at radius 2 is 1.50 bits per heavy atom. The third-order valence-electron chi connectivity index (χ3n) is 5.38. The summed E-state index contributed by atoms with van der Waals surface area (Å²) >= 11 is 5.83. The fraction of sp³-hybridized carbons (Fsp3) is 0.208. The van der Waals surface area contributed by atoms with Crippen molar-refractivity contribution < 1.29 is 19.7 Å². The van der Waals surface area contributed by atoms with Crippen molar-refractivity contribution in [2.24, 2.45) is 0 Å². The zero-order valence-corrected chi connectivity index (χ0v) is 16.9. The molecule has 0 heterocycles. The number of benzene rings is 3. The van der Waals surface area contributed by atoms with Gasteiger partial charge in [-0.25, -0.2) is 4.79 Å². The van der Waals surface area contributed by atoms with E-state index in [0.29, 0.717) is 10.6 Å². The van der Waals surface area contributed by atoms with E-state index in [0.717, 1.165) is 22.3 Å². The molecule has 3 N–H and O–H groups in total. The van der Waals surface area contributed by atoms with Gasteiger partial charge < -0.3 is 20.3 Å². The van der Waals surface area contributed by atoms with Crippen molar-refractivity contribution in [2.75, 3.05) is 13.2 Å². The van der Waals surface area contributed by atoms with Crippen molar-refractivity contribution in [1.82, 2.24) is 5.32 Å². The number of aliphatic hydroxyl groups is 2. The Kier molecular flexibility index (Phi) is 6.04. The van der Waals surface area contributed by atoms with Crippen molar-refractivity contribution in [2.45, 2.75) is 18.1 Å². The fourth-order valence-electron chi connectivity index (χ4n) is 3.83. The number of carbonyl (C=O) groups is 1. The van der Waals surface area contributed by atoms with Crippen LogP contribution in [0.3, 0.4) is 0 Å². The molecule has 1 aliphatic rings. The molecule has 0 aromatic heterocycles. The molecule has 5 nitrogen and oxygen atoms in total. The van der Waals surface area contributed by atoms with Crippen LogP contribution in [0.15, 0.2) is 72.8 Å². The van der Waals surface area contributed by atoms with Gasteiger partial charge >= 0.3 is 6.09 Å². The topological polar surface area (TPSA) is 78.8 Å². The lowest BCUT2D eigenvalue weighted by Crippen LogP contribution is -2.36. The minimum absolute atomic E-state index is 0.0345. The van der Waals surface area contributed by atoms with E-state index in [2.05, 4.69) is 17.4 Å². The number of carbonyl (C=O) groups excluding carboxylic acids is 1. The summed E-state index contributed by atoms with van der Waals surface area (Å²) in [6.07, 6.45) is -2.96. The fourth-order valence-corrected chi connectivity index (χ4v) is 3.96. The van der Waals surface area contributed by atoms with E-state index >= 15 is 0 Å². The van der Waals surface area contributed by atoms with Crippen molar-refractivity contribution in [3.63, 3.8) is 0 Å². The molecule has 3 aromatic carbocycles. The Labute approximate surface area is 179 Å². The van der Waals surface area contributed by atoms with Crippen molar-refractivity contribution in [3.8, 4) is 11.1 Å². The molecule has 2 unspecified atom stereocenters. The Bertz CT molecular complexity index is 992. The summed E-state index contributed by atoms with van der Waals surface area (Å²) in [5.74, 6) is -0.0345. The van der Waals surface area contributed by atoms with E-state index in [9.17, 15) is 15.0 Å². The Morgan fingerprint density at radius 1 is 0.933 bits per heavy atom. The van der Waals surface area contributed by atoms with Gasteiger partial charge in [0.1, 0.15) is 18.8 Å². The number of rotatable bonds is 6. The number of ether oxygens (including phenoxy) is 1. The molecule has 0 bridgehead atoms. The van der Waals surface area contributed by atoms with Crippen LogP contribution in [0.4, 0.5) is 4.79 Å². The van der Waals surface area contributed by atoms with Gasteiger partial charge in [0.15, 0.2) is 0 Å². The first-order valence-electron chi connectivity index (χ1n) is 9.75. The lowest BCUT2D eigenvalue weighted by molar-refractivity contribution is 0.0185. The summed E-state index contributed by atoms with van der Waals surface area (Å²) in [4.78, 5) is 12.2. The summed E-state index contributed by atoms with van der Waals surface area (Å²) < 4.78 is 5.43. The number of alkyl carbamates (subject to hydrolysis) is 1. The highest BCUT2D eigenvalue weighted by molar-refractivity contribution is 6.30. The second-order valence-electron chi connectivity index (χ2n) is 7.27. The summed E-state index contributed by atoms with van der Waals surface area (Å²) in [6.45, 7) is 0.0517. The molecule has 30 heavy (non-hydrogen) atoms. The average Bonchev–Trinajstić information content (AvgIpc) is 3.10. The lowest BCUT2D eigenvalue weighted by atomic mass is 9.98. The Balaban J connectivity index is 1.33. The van der Waals surface area contributed by atoms with Crippen LogP contribution in [0, 0.1) is 0 Å². The van der Waals surface area contributed by atoms with Crippen LogP contribution < -0.4 is 5.32 Å². The van der Waals surface area contributed by atoms with Gasteiger partial charge in [0, 0.05) is 17.5 Å². The van der Waals surface area contributed by atoms with Gasteiger partial charge in [0.25, 0.3) is 0 Å². The summed E-state index contributed by atoms with van der Waals surface area (Å²) in [5.41, 5.74) is 5.09. The van der Waals surface area contributed by atoms with E-state index in [4.69, 9.17) is 16.3 Å². The predicted molar refractivity (Wildman–Crippen MR) is 115 cm³/mol. The van der Waals surface area contributed by atoms with Gasteiger partial charge in [-0.3, -0.25) is 0 Å². The highest BCUT2D eigenvalue weighted by Crippen LogP contribution is 2.44. The van der Waals surface area contributed by atoms with E-state index in [1.165, 1.54) is 0 Å². The molecule has 1 aliphatic carbocycles. The molecule has 6 heteroatoms. The molecule has 0 aliphatic heterocycles. The van der Waals surface area contributed by atoms with Gasteiger partial charge in [-0.1, -0.05) is 72.3 Å².